The van der Waals surface area contributed by atoms with Crippen LogP contribution in [0, 0.1) is 5.82 Å². The average Bonchev–Trinajstić information content (AvgIpc) is 2.08. The largest absolute Gasteiger partial charge is 0.480 e. The second-order valence-electron chi connectivity index (χ2n) is 2.49. The topological polar surface area (TPSA) is 63.3 Å². The number of carbonyl (C=O) groups is 1. The van der Waals surface area contributed by atoms with Crippen molar-refractivity contribution in [3.8, 4) is 0 Å². The Bertz CT molecular complexity index is 343. The monoisotopic (exact) mass is 247 g/mol. The third-order valence-electron chi connectivity index (χ3n) is 1.57. The first-order valence-electron chi connectivity index (χ1n) is 3.45. The van der Waals surface area contributed by atoms with E-state index in [1.165, 1.54) is 18.2 Å². The number of rotatable bonds is 2. The molecular formula is C8H7BrFNO2. The Morgan fingerprint density at radius 1 is 1.62 bits per heavy atom. The van der Waals surface area contributed by atoms with Crippen molar-refractivity contribution in [2.75, 3.05) is 0 Å². The van der Waals surface area contributed by atoms with Gasteiger partial charge in [0.25, 0.3) is 0 Å². The maximum Gasteiger partial charge on any atom is 0.325 e. The quantitative estimate of drug-likeness (QED) is 0.836. The summed E-state index contributed by atoms with van der Waals surface area (Å²) in [7, 11) is 0. The first kappa shape index (κ1) is 10.1. The van der Waals surface area contributed by atoms with Crippen molar-refractivity contribution in [2.24, 2.45) is 5.73 Å². The van der Waals surface area contributed by atoms with E-state index in [4.69, 9.17) is 10.8 Å². The molecule has 13 heavy (non-hydrogen) atoms. The van der Waals surface area contributed by atoms with Gasteiger partial charge in [-0.15, -0.1) is 0 Å². The molecule has 5 heteroatoms. The van der Waals surface area contributed by atoms with E-state index < -0.39 is 17.8 Å². The number of nitrogens with two attached hydrogens (primary N) is 1. The van der Waals surface area contributed by atoms with Crippen molar-refractivity contribution >= 4 is 21.9 Å². The van der Waals surface area contributed by atoms with E-state index in [0.29, 0.717) is 5.56 Å². The summed E-state index contributed by atoms with van der Waals surface area (Å²) in [6.45, 7) is 0. The van der Waals surface area contributed by atoms with E-state index in [1.54, 1.807) is 0 Å². The number of carboxylic acid groups (broad SMARTS) is 1. The molecule has 0 heterocycles. The van der Waals surface area contributed by atoms with E-state index in [9.17, 15) is 9.18 Å². The van der Waals surface area contributed by atoms with Gasteiger partial charge in [0.1, 0.15) is 11.9 Å². The minimum atomic E-state index is -1.14. The van der Waals surface area contributed by atoms with Crippen LogP contribution in [0.4, 0.5) is 4.39 Å². The lowest BCUT2D eigenvalue weighted by Gasteiger charge is -2.06. The van der Waals surface area contributed by atoms with Gasteiger partial charge in [-0.1, -0.05) is 6.07 Å². The lowest BCUT2D eigenvalue weighted by molar-refractivity contribution is -0.138. The highest BCUT2D eigenvalue weighted by atomic mass is 79.9. The maximum absolute atomic E-state index is 12.7. The Kier molecular flexibility index (Phi) is 3.00. The number of aliphatic carboxylic acids is 1. The maximum atomic E-state index is 12.7. The van der Waals surface area contributed by atoms with Crippen LogP contribution in [-0.2, 0) is 4.79 Å². The summed E-state index contributed by atoms with van der Waals surface area (Å²) >= 11 is 2.94. The SMILES string of the molecule is NC(C(=O)O)c1ccc(F)c(Br)c1. The molecule has 0 saturated carbocycles. The highest BCUT2D eigenvalue weighted by molar-refractivity contribution is 9.10. The molecule has 3 N–H and O–H groups in total. The van der Waals surface area contributed by atoms with Gasteiger partial charge in [-0.2, -0.15) is 0 Å². The van der Waals surface area contributed by atoms with Crippen LogP contribution < -0.4 is 5.73 Å². The van der Waals surface area contributed by atoms with Gasteiger partial charge < -0.3 is 10.8 Å². The van der Waals surface area contributed by atoms with Crippen LogP contribution in [0.5, 0.6) is 0 Å². The first-order chi connectivity index (χ1) is 6.02. The molecular weight excluding hydrogens is 241 g/mol. The zero-order valence-corrected chi connectivity index (χ0v) is 8.08. The molecule has 3 nitrogen and oxygen atoms in total. The van der Waals surface area contributed by atoms with Crippen molar-refractivity contribution < 1.29 is 14.3 Å². The molecule has 0 radical (unpaired) electrons. The molecule has 0 saturated heterocycles. The van der Waals surface area contributed by atoms with Crippen LogP contribution in [0.25, 0.3) is 0 Å². The van der Waals surface area contributed by atoms with Crippen LogP contribution >= 0.6 is 15.9 Å². The van der Waals surface area contributed by atoms with E-state index in [0.717, 1.165) is 0 Å². The Hall–Kier alpha value is -0.940. The summed E-state index contributed by atoms with van der Waals surface area (Å²) in [4.78, 5) is 10.5. The van der Waals surface area contributed by atoms with E-state index in [2.05, 4.69) is 15.9 Å². The normalized spacial score (nSPS) is 12.5. The van der Waals surface area contributed by atoms with Crippen LogP contribution in [0.1, 0.15) is 11.6 Å². The second kappa shape index (κ2) is 3.85. The van der Waals surface area contributed by atoms with Gasteiger partial charge in [0, 0.05) is 0 Å². The third-order valence-corrected chi connectivity index (χ3v) is 2.18. The van der Waals surface area contributed by atoms with Gasteiger partial charge in [-0.05, 0) is 33.6 Å². The standard InChI is InChI=1S/C8H7BrFNO2/c9-5-3-4(1-2-6(5)10)7(11)8(12)13/h1-3,7H,11H2,(H,12,13). The smallest absolute Gasteiger partial charge is 0.325 e. The van der Waals surface area contributed by atoms with E-state index in [1.807, 2.05) is 0 Å². The van der Waals surface area contributed by atoms with Crippen LogP contribution in [0.15, 0.2) is 22.7 Å². The van der Waals surface area contributed by atoms with Gasteiger partial charge >= 0.3 is 5.97 Å². The first-order valence-corrected chi connectivity index (χ1v) is 4.25. The molecule has 70 valence electrons. The van der Waals surface area contributed by atoms with E-state index >= 15 is 0 Å². The lowest BCUT2D eigenvalue weighted by atomic mass is 10.1. The third kappa shape index (κ3) is 2.26. The fourth-order valence-electron chi connectivity index (χ4n) is 0.848. The fourth-order valence-corrected chi connectivity index (χ4v) is 1.24. The van der Waals surface area contributed by atoms with Crippen molar-refractivity contribution in [3.05, 3.63) is 34.1 Å². The molecule has 1 rings (SSSR count). The van der Waals surface area contributed by atoms with Crippen molar-refractivity contribution in [3.63, 3.8) is 0 Å². The van der Waals surface area contributed by atoms with Gasteiger partial charge in [-0.25, -0.2) is 4.39 Å². The highest BCUT2D eigenvalue weighted by Crippen LogP contribution is 2.20. The van der Waals surface area contributed by atoms with Gasteiger partial charge in [0.15, 0.2) is 0 Å². The van der Waals surface area contributed by atoms with Crippen molar-refractivity contribution in [2.45, 2.75) is 6.04 Å². The number of hydrogen-bond acceptors (Lipinski definition) is 2. The zero-order chi connectivity index (χ0) is 10.0. The molecule has 0 spiro atoms. The molecule has 0 aliphatic heterocycles. The summed E-state index contributed by atoms with van der Waals surface area (Å²) in [6, 6.07) is 2.76. The molecule has 0 aromatic heterocycles. The Balaban J connectivity index is 3.03. The predicted molar refractivity (Wildman–Crippen MR) is 48.7 cm³/mol. The van der Waals surface area contributed by atoms with Gasteiger partial charge in [-0.3, -0.25) is 4.79 Å². The van der Waals surface area contributed by atoms with Gasteiger partial charge in [0.05, 0.1) is 4.47 Å². The molecule has 1 unspecified atom stereocenters. The Labute approximate surface area is 82.5 Å². The molecule has 1 aromatic rings. The second-order valence-corrected chi connectivity index (χ2v) is 3.34. The molecule has 0 fully saturated rings. The minimum Gasteiger partial charge on any atom is -0.480 e. The van der Waals surface area contributed by atoms with E-state index in [-0.39, 0.29) is 4.47 Å². The zero-order valence-electron chi connectivity index (χ0n) is 6.50. The molecule has 0 aliphatic carbocycles. The summed E-state index contributed by atoms with van der Waals surface area (Å²) in [5.41, 5.74) is 5.68. The van der Waals surface area contributed by atoms with Crippen LogP contribution in [-0.4, -0.2) is 11.1 Å². The number of hydrogen-bond donors (Lipinski definition) is 2. The van der Waals surface area contributed by atoms with Gasteiger partial charge in [0.2, 0.25) is 0 Å². The lowest BCUT2D eigenvalue weighted by Crippen LogP contribution is -2.20. The fraction of sp³-hybridized carbons (Fsp3) is 0.125. The van der Waals surface area contributed by atoms with Crippen LogP contribution in [0.3, 0.4) is 0 Å². The number of halogens is 2. The summed E-state index contributed by atoms with van der Waals surface area (Å²) in [6.07, 6.45) is 0. The average molecular weight is 248 g/mol. The molecule has 0 bridgehead atoms. The van der Waals surface area contributed by atoms with Crippen LogP contribution in [0.2, 0.25) is 0 Å². The predicted octanol–water partition coefficient (Wildman–Crippen LogP) is 1.67. The Morgan fingerprint density at radius 3 is 2.69 bits per heavy atom. The molecule has 1 aromatic carbocycles. The highest BCUT2D eigenvalue weighted by Gasteiger charge is 2.14. The summed E-state index contributed by atoms with van der Waals surface area (Å²) in [5, 5.41) is 8.56. The number of carboxylic acids is 1. The van der Waals surface area contributed by atoms with Crippen molar-refractivity contribution in [1.82, 2.24) is 0 Å². The molecule has 1 atom stereocenters. The molecule has 0 aliphatic rings. The Morgan fingerprint density at radius 2 is 2.23 bits per heavy atom. The molecule has 0 amide bonds. The van der Waals surface area contributed by atoms with Crippen molar-refractivity contribution in [1.29, 1.82) is 0 Å². The number of benzene rings is 1. The summed E-state index contributed by atoms with van der Waals surface area (Å²) in [5.74, 6) is -1.58. The summed E-state index contributed by atoms with van der Waals surface area (Å²) < 4.78 is 12.9. The minimum absolute atomic E-state index is 0.210.